The number of nitrogens with zero attached hydrogens (tertiary/aromatic N) is 1. The van der Waals surface area contributed by atoms with E-state index in [4.69, 9.17) is 0 Å². The van der Waals surface area contributed by atoms with Crippen molar-refractivity contribution in [1.82, 2.24) is 10.2 Å². The molecule has 5 heteroatoms. The first kappa shape index (κ1) is 22.5. The Labute approximate surface area is 164 Å². The van der Waals surface area contributed by atoms with Crippen molar-refractivity contribution in [2.45, 2.75) is 43.6 Å². The van der Waals surface area contributed by atoms with Gasteiger partial charge in [0.1, 0.15) is 0 Å². The molecule has 0 bridgehead atoms. The van der Waals surface area contributed by atoms with E-state index in [-0.39, 0.29) is 30.7 Å². The minimum absolute atomic E-state index is 0. The second-order valence-electron chi connectivity index (χ2n) is 7.14. The number of piperazine rings is 1. The number of nitrogens with one attached hydrogen (secondary N) is 1. The van der Waals surface area contributed by atoms with Gasteiger partial charge in [0.25, 0.3) is 0 Å². The zero-order valence-electron chi connectivity index (χ0n) is 15.0. The number of hydrogen-bond acceptors (Lipinski definition) is 3. The van der Waals surface area contributed by atoms with Gasteiger partial charge in [-0.05, 0) is 24.0 Å². The molecule has 0 amide bonds. The first-order chi connectivity index (χ1) is 11.2. The van der Waals surface area contributed by atoms with Gasteiger partial charge in [0.2, 0.25) is 0 Å². The number of rotatable bonds is 5. The van der Waals surface area contributed by atoms with Crippen molar-refractivity contribution in [3.8, 4) is 0 Å². The summed E-state index contributed by atoms with van der Waals surface area (Å²) in [6.45, 7) is 9.08. The largest absolute Gasteiger partial charge is 0.389 e. The Balaban J connectivity index is 0.00000156. The lowest BCUT2D eigenvalue weighted by molar-refractivity contribution is -0.0316. The van der Waals surface area contributed by atoms with E-state index >= 15 is 0 Å². The molecule has 0 spiro atoms. The van der Waals surface area contributed by atoms with Crippen LogP contribution in [0.2, 0.25) is 0 Å². The molecular formula is C20H32Cl2N2O. The van der Waals surface area contributed by atoms with Crippen molar-refractivity contribution >= 4 is 30.9 Å². The number of hydrogen-bond donors (Lipinski definition) is 2. The molecule has 142 valence electrons. The molecule has 1 saturated carbocycles. The van der Waals surface area contributed by atoms with Crippen molar-refractivity contribution in [2.24, 2.45) is 0 Å². The van der Waals surface area contributed by atoms with Gasteiger partial charge in [-0.3, -0.25) is 0 Å². The highest BCUT2D eigenvalue weighted by Gasteiger charge is 2.39. The highest BCUT2D eigenvalue weighted by Crippen LogP contribution is 2.40. The molecule has 1 atom stereocenters. The molecule has 1 aliphatic carbocycles. The second-order valence-corrected chi connectivity index (χ2v) is 7.14. The topological polar surface area (TPSA) is 35.5 Å². The van der Waals surface area contributed by atoms with E-state index in [1.807, 2.05) is 6.08 Å². The van der Waals surface area contributed by atoms with Gasteiger partial charge >= 0.3 is 0 Å². The fourth-order valence-electron chi connectivity index (χ4n) is 4.11. The fraction of sp³-hybridized carbons (Fsp3) is 0.600. The summed E-state index contributed by atoms with van der Waals surface area (Å²) in [7, 11) is 0. The Morgan fingerprint density at radius 3 is 2.24 bits per heavy atom. The van der Waals surface area contributed by atoms with Gasteiger partial charge in [-0.1, -0.05) is 56.2 Å². The predicted octanol–water partition coefficient (Wildman–Crippen LogP) is 3.86. The van der Waals surface area contributed by atoms with E-state index in [1.165, 1.54) is 12.0 Å². The third-order valence-corrected chi connectivity index (χ3v) is 5.59. The van der Waals surface area contributed by atoms with Crippen LogP contribution in [0.4, 0.5) is 0 Å². The minimum atomic E-state index is -0.543. The van der Waals surface area contributed by atoms with Gasteiger partial charge in [-0.25, -0.2) is 0 Å². The first-order valence-corrected chi connectivity index (χ1v) is 9.09. The van der Waals surface area contributed by atoms with Crippen LogP contribution in [0.3, 0.4) is 0 Å². The summed E-state index contributed by atoms with van der Waals surface area (Å²) in [5.41, 5.74) is 1.88. The molecule has 3 nitrogen and oxygen atoms in total. The van der Waals surface area contributed by atoms with Crippen LogP contribution in [0.25, 0.3) is 6.08 Å². The van der Waals surface area contributed by atoms with Crippen molar-refractivity contribution in [1.29, 1.82) is 0 Å². The third kappa shape index (κ3) is 5.70. The molecule has 0 aromatic heterocycles. The maximum absolute atomic E-state index is 11.4. The minimum Gasteiger partial charge on any atom is -0.389 e. The summed E-state index contributed by atoms with van der Waals surface area (Å²) < 4.78 is 0. The molecule has 25 heavy (non-hydrogen) atoms. The lowest BCUT2D eigenvalue weighted by Gasteiger charge is -2.42. The van der Waals surface area contributed by atoms with Crippen LogP contribution in [0, 0.1) is 0 Å². The van der Waals surface area contributed by atoms with E-state index in [1.54, 1.807) is 0 Å². The second kappa shape index (κ2) is 10.5. The van der Waals surface area contributed by atoms with E-state index in [2.05, 4.69) is 41.1 Å². The fourth-order valence-corrected chi connectivity index (χ4v) is 4.11. The predicted molar refractivity (Wildman–Crippen MR) is 111 cm³/mol. The van der Waals surface area contributed by atoms with Crippen LogP contribution in [-0.4, -0.2) is 48.3 Å². The molecule has 1 saturated heterocycles. The Morgan fingerprint density at radius 1 is 1.08 bits per heavy atom. The van der Waals surface area contributed by atoms with E-state index in [0.717, 1.165) is 64.0 Å². The maximum Gasteiger partial charge on any atom is 0.0728 e. The maximum atomic E-state index is 11.4. The highest BCUT2D eigenvalue weighted by atomic mass is 35.5. The van der Waals surface area contributed by atoms with Gasteiger partial charge in [0.05, 0.1) is 5.60 Å². The van der Waals surface area contributed by atoms with E-state index in [0.29, 0.717) is 0 Å². The van der Waals surface area contributed by atoms with Crippen LogP contribution >= 0.6 is 24.8 Å². The molecule has 3 rings (SSSR count). The highest BCUT2D eigenvalue weighted by molar-refractivity contribution is 5.85. The molecule has 2 fully saturated rings. The average Bonchev–Trinajstić information content (AvgIpc) is 2.61. The van der Waals surface area contributed by atoms with Crippen LogP contribution in [0.5, 0.6) is 0 Å². The summed E-state index contributed by atoms with van der Waals surface area (Å²) in [4.78, 5) is 2.51. The van der Waals surface area contributed by atoms with Gasteiger partial charge in [0, 0.05) is 38.6 Å². The number of aliphatic hydroxyl groups is 1. The van der Waals surface area contributed by atoms with Crippen molar-refractivity contribution in [3.63, 3.8) is 0 Å². The Hall–Kier alpha value is -0.580. The van der Waals surface area contributed by atoms with Gasteiger partial charge < -0.3 is 15.3 Å². The van der Waals surface area contributed by atoms with Gasteiger partial charge in [-0.2, -0.15) is 0 Å². The van der Waals surface area contributed by atoms with Crippen molar-refractivity contribution < 1.29 is 5.11 Å². The molecule has 1 unspecified atom stereocenters. The van der Waals surface area contributed by atoms with Crippen LogP contribution < -0.4 is 5.32 Å². The first-order valence-electron chi connectivity index (χ1n) is 9.09. The third-order valence-electron chi connectivity index (χ3n) is 5.59. The zero-order valence-corrected chi connectivity index (χ0v) is 16.6. The summed E-state index contributed by atoms with van der Waals surface area (Å²) in [6.07, 6.45) is 7.32. The quantitative estimate of drug-likeness (QED) is 0.806. The van der Waals surface area contributed by atoms with Gasteiger partial charge in [0.15, 0.2) is 0 Å². The molecular weight excluding hydrogens is 355 g/mol. The molecule has 1 aliphatic heterocycles. The monoisotopic (exact) mass is 386 g/mol. The van der Waals surface area contributed by atoms with Crippen molar-refractivity contribution in [2.75, 3.05) is 32.7 Å². The smallest absolute Gasteiger partial charge is 0.0728 e. The lowest BCUT2D eigenvalue weighted by Crippen LogP contribution is -2.49. The lowest BCUT2D eigenvalue weighted by atomic mass is 9.72. The Bertz CT molecular complexity index is 509. The standard InChI is InChI=1S/C20H30N2O.2ClH/c1-2-17-6-8-18(9-7-17)19(16-22-14-12-21-13-15-22)20(23)10-4-3-5-11-20;;/h2,6-9,19,21,23H,1,3-5,10-16H2;2*1H. The summed E-state index contributed by atoms with van der Waals surface area (Å²) in [6, 6.07) is 8.63. The van der Waals surface area contributed by atoms with Crippen LogP contribution in [0.1, 0.15) is 49.1 Å². The average molecular weight is 387 g/mol. The zero-order chi connectivity index (χ0) is 16.1. The molecule has 1 heterocycles. The molecule has 2 aliphatic rings. The Kier molecular flexibility index (Phi) is 9.47. The summed E-state index contributed by atoms with van der Waals surface area (Å²) >= 11 is 0. The van der Waals surface area contributed by atoms with E-state index in [9.17, 15) is 5.11 Å². The van der Waals surface area contributed by atoms with Crippen LogP contribution in [0.15, 0.2) is 30.8 Å². The number of halogens is 2. The SMILES string of the molecule is C=Cc1ccc(C(CN2CCNCC2)C2(O)CCCCC2)cc1.Cl.Cl. The van der Waals surface area contributed by atoms with Gasteiger partial charge in [-0.15, -0.1) is 24.8 Å². The number of benzene rings is 1. The molecule has 2 N–H and O–H groups in total. The summed E-state index contributed by atoms with van der Waals surface area (Å²) in [5.74, 6) is 0.208. The molecule has 1 aromatic rings. The Morgan fingerprint density at radius 2 is 1.68 bits per heavy atom. The van der Waals surface area contributed by atoms with Crippen molar-refractivity contribution in [3.05, 3.63) is 42.0 Å². The molecule has 1 aromatic carbocycles. The normalized spacial score (nSPS) is 21.5. The van der Waals surface area contributed by atoms with Crippen LogP contribution in [-0.2, 0) is 0 Å². The van der Waals surface area contributed by atoms with E-state index < -0.39 is 5.60 Å². The molecule has 0 radical (unpaired) electrons. The summed E-state index contributed by atoms with van der Waals surface area (Å²) in [5, 5.41) is 14.8.